The van der Waals surface area contributed by atoms with E-state index in [-0.39, 0.29) is 28.4 Å². The molecule has 0 aliphatic heterocycles. The summed E-state index contributed by atoms with van der Waals surface area (Å²) in [6.07, 6.45) is -0.0747. The maximum absolute atomic E-state index is 12.3. The topological polar surface area (TPSA) is 63.2 Å². The fourth-order valence-electron chi connectivity index (χ4n) is 2.55. The lowest BCUT2D eigenvalue weighted by Gasteiger charge is -2.23. The second kappa shape index (κ2) is 7.40. The zero-order valence-corrected chi connectivity index (χ0v) is 16.0. The van der Waals surface area contributed by atoms with Gasteiger partial charge in [0.15, 0.2) is 9.84 Å². The van der Waals surface area contributed by atoms with Crippen LogP contribution in [0.5, 0.6) is 0 Å². The van der Waals surface area contributed by atoms with Crippen LogP contribution in [0.2, 0.25) is 0 Å². The lowest BCUT2D eigenvalue weighted by molar-refractivity contribution is -0.115. The van der Waals surface area contributed by atoms with Gasteiger partial charge in [-0.15, -0.1) is 0 Å². The Labute approximate surface area is 150 Å². The van der Waals surface area contributed by atoms with Crippen molar-refractivity contribution in [2.24, 2.45) is 0 Å². The van der Waals surface area contributed by atoms with Crippen LogP contribution in [0.4, 0.5) is 5.69 Å². The summed E-state index contributed by atoms with van der Waals surface area (Å²) < 4.78 is 24.7. The molecule has 0 aliphatic carbocycles. The van der Waals surface area contributed by atoms with E-state index in [1.807, 2.05) is 31.2 Å². The molecule has 0 radical (unpaired) electrons. The molecule has 0 atom stereocenters. The quantitative estimate of drug-likeness (QED) is 0.874. The predicted octanol–water partition coefficient (Wildman–Crippen LogP) is 4.10. The summed E-state index contributed by atoms with van der Waals surface area (Å²) in [4.78, 5) is 12.5. The van der Waals surface area contributed by atoms with E-state index in [4.69, 9.17) is 0 Å². The highest BCUT2D eigenvalue weighted by molar-refractivity contribution is 7.91. The van der Waals surface area contributed by atoms with E-state index in [0.29, 0.717) is 0 Å². The molecule has 0 aromatic heterocycles. The molecule has 0 fully saturated rings. The number of amides is 1. The van der Waals surface area contributed by atoms with Crippen LogP contribution >= 0.6 is 0 Å². The first-order valence-corrected chi connectivity index (χ1v) is 9.93. The Kier molecular flexibility index (Phi) is 5.68. The Bertz CT molecular complexity index is 847. The van der Waals surface area contributed by atoms with Crippen molar-refractivity contribution >= 4 is 21.4 Å². The lowest BCUT2D eigenvalue weighted by Crippen LogP contribution is -2.21. The van der Waals surface area contributed by atoms with E-state index in [1.165, 1.54) is 0 Å². The first-order chi connectivity index (χ1) is 11.6. The fraction of sp³-hybridized carbons (Fsp3) is 0.350. The third-order valence-electron chi connectivity index (χ3n) is 3.99. The second-order valence-electron chi connectivity index (χ2n) is 7.23. The zero-order valence-electron chi connectivity index (χ0n) is 15.2. The van der Waals surface area contributed by atoms with Crippen molar-refractivity contribution in [3.63, 3.8) is 0 Å². The molecular formula is C20H25NO3S. The molecule has 2 aromatic rings. The average Bonchev–Trinajstić information content (AvgIpc) is 2.53. The molecule has 25 heavy (non-hydrogen) atoms. The molecule has 0 aliphatic rings. The Hall–Kier alpha value is -2.14. The van der Waals surface area contributed by atoms with Gasteiger partial charge in [-0.1, -0.05) is 56.7 Å². The summed E-state index contributed by atoms with van der Waals surface area (Å²) in [5.41, 5.74) is 2.63. The first-order valence-electron chi connectivity index (χ1n) is 8.28. The van der Waals surface area contributed by atoms with Gasteiger partial charge in [0.1, 0.15) is 0 Å². The molecule has 134 valence electrons. The molecule has 5 heteroatoms. The number of carbonyl (C=O) groups excluding carboxylic acids is 1. The Morgan fingerprint density at radius 1 is 1.00 bits per heavy atom. The number of hydrogen-bond donors (Lipinski definition) is 1. The Balaban J connectivity index is 2.06. The lowest BCUT2D eigenvalue weighted by atomic mass is 9.86. The summed E-state index contributed by atoms with van der Waals surface area (Å²) in [7, 11) is -3.46. The van der Waals surface area contributed by atoms with Crippen LogP contribution in [0.25, 0.3) is 0 Å². The number of anilines is 1. The average molecular weight is 359 g/mol. The third-order valence-corrected chi connectivity index (χ3v) is 5.72. The molecule has 0 saturated carbocycles. The van der Waals surface area contributed by atoms with Gasteiger partial charge in [0, 0.05) is 12.1 Å². The molecule has 0 bridgehead atoms. The van der Waals surface area contributed by atoms with Crippen molar-refractivity contribution in [2.75, 3.05) is 11.1 Å². The van der Waals surface area contributed by atoms with Crippen LogP contribution in [0.3, 0.4) is 0 Å². The van der Waals surface area contributed by atoms with Crippen LogP contribution < -0.4 is 5.32 Å². The van der Waals surface area contributed by atoms with Gasteiger partial charge < -0.3 is 5.32 Å². The largest absolute Gasteiger partial charge is 0.326 e. The van der Waals surface area contributed by atoms with E-state index >= 15 is 0 Å². The van der Waals surface area contributed by atoms with E-state index in [9.17, 15) is 13.2 Å². The third kappa shape index (κ3) is 5.16. The first kappa shape index (κ1) is 19.2. The highest BCUT2D eigenvalue weighted by atomic mass is 32.2. The number of nitrogens with one attached hydrogen (secondary N) is 1. The van der Waals surface area contributed by atoms with Gasteiger partial charge >= 0.3 is 0 Å². The second-order valence-corrected chi connectivity index (χ2v) is 9.33. The van der Waals surface area contributed by atoms with Crippen LogP contribution in [-0.2, 0) is 20.0 Å². The summed E-state index contributed by atoms with van der Waals surface area (Å²) in [6.45, 7) is 8.11. The number of sulfone groups is 1. The molecule has 2 aromatic carbocycles. The number of rotatable bonds is 5. The monoisotopic (exact) mass is 359 g/mol. The minimum Gasteiger partial charge on any atom is -0.326 e. The molecule has 0 heterocycles. The summed E-state index contributed by atoms with van der Waals surface area (Å²) >= 11 is 0. The molecule has 1 amide bonds. The van der Waals surface area contributed by atoms with Gasteiger partial charge in [-0.25, -0.2) is 8.42 Å². The highest BCUT2D eigenvalue weighted by Gasteiger charge is 2.20. The van der Waals surface area contributed by atoms with Crippen molar-refractivity contribution in [3.05, 3.63) is 59.7 Å². The molecule has 0 unspecified atom stereocenters. The maximum Gasteiger partial charge on any atom is 0.225 e. The van der Waals surface area contributed by atoms with Gasteiger partial charge in [-0.05, 0) is 36.1 Å². The molecule has 0 spiro atoms. The van der Waals surface area contributed by atoms with E-state index < -0.39 is 9.84 Å². The molecule has 2 rings (SSSR count). The van der Waals surface area contributed by atoms with Crippen molar-refractivity contribution in [2.45, 2.75) is 44.4 Å². The number of aryl methyl sites for hydroxylation is 1. The maximum atomic E-state index is 12.3. The Morgan fingerprint density at radius 2 is 1.60 bits per heavy atom. The highest BCUT2D eigenvalue weighted by Crippen LogP contribution is 2.29. The van der Waals surface area contributed by atoms with Gasteiger partial charge in [-0.3, -0.25) is 4.79 Å². The smallest absolute Gasteiger partial charge is 0.225 e. The van der Waals surface area contributed by atoms with Gasteiger partial charge in [0.2, 0.25) is 5.91 Å². The summed E-state index contributed by atoms with van der Waals surface area (Å²) in [6, 6.07) is 14.3. The minimum atomic E-state index is -3.46. The van der Waals surface area contributed by atoms with Crippen molar-refractivity contribution < 1.29 is 13.2 Å². The molecule has 1 N–H and O–H groups in total. The van der Waals surface area contributed by atoms with Gasteiger partial charge in [0.25, 0.3) is 0 Å². The Morgan fingerprint density at radius 3 is 2.20 bits per heavy atom. The van der Waals surface area contributed by atoms with Gasteiger partial charge in [0.05, 0.1) is 10.6 Å². The van der Waals surface area contributed by atoms with E-state index in [1.54, 1.807) is 24.3 Å². The minimum absolute atomic E-state index is 0.0747. The van der Waals surface area contributed by atoms with Gasteiger partial charge in [-0.2, -0.15) is 0 Å². The number of hydrogen-bond acceptors (Lipinski definition) is 3. The predicted molar refractivity (Wildman–Crippen MR) is 102 cm³/mol. The molecule has 4 nitrogen and oxygen atoms in total. The van der Waals surface area contributed by atoms with Crippen LogP contribution in [0.15, 0.2) is 53.4 Å². The van der Waals surface area contributed by atoms with E-state index in [0.717, 1.165) is 16.8 Å². The number of carbonyl (C=O) groups is 1. The summed E-state index contributed by atoms with van der Waals surface area (Å²) in [5.74, 6) is -0.507. The van der Waals surface area contributed by atoms with Crippen molar-refractivity contribution in [3.8, 4) is 0 Å². The van der Waals surface area contributed by atoms with Crippen LogP contribution in [0, 0.1) is 6.92 Å². The molecular weight excluding hydrogens is 334 g/mol. The normalized spacial score (nSPS) is 12.0. The van der Waals surface area contributed by atoms with Crippen molar-refractivity contribution in [1.82, 2.24) is 0 Å². The fourth-order valence-corrected chi connectivity index (χ4v) is 3.79. The van der Waals surface area contributed by atoms with E-state index in [2.05, 4.69) is 26.1 Å². The number of benzene rings is 2. The standard InChI is InChI=1S/C20H25NO3S/c1-15-9-11-16(12-10-15)25(23,24)14-13-19(22)21-18-8-6-5-7-17(18)20(2,3)4/h5-12H,13-14H2,1-4H3,(H,21,22). The SMILES string of the molecule is Cc1ccc(S(=O)(=O)CCC(=O)Nc2ccccc2C(C)(C)C)cc1. The zero-order chi connectivity index (χ0) is 18.7. The van der Waals surface area contributed by atoms with Crippen molar-refractivity contribution in [1.29, 1.82) is 0 Å². The molecule has 0 saturated heterocycles. The summed E-state index contributed by atoms with van der Waals surface area (Å²) in [5, 5.41) is 2.85. The van der Waals surface area contributed by atoms with Crippen LogP contribution in [-0.4, -0.2) is 20.1 Å². The number of para-hydroxylation sites is 1. The van der Waals surface area contributed by atoms with Crippen LogP contribution in [0.1, 0.15) is 38.3 Å².